The maximum absolute atomic E-state index is 13.9. The smallest absolute Gasteiger partial charge is 0.410 e. The summed E-state index contributed by atoms with van der Waals surface area (Å²) in [5.41, 5.74) is 0. The second-order valence-corrected chi connectivity index (χ2v) is 21.9. The minimum absolute atomic E-state index is 0.0242. The molecule has 0 aliphatic carbocycles. The number of hydrogen-bond donors (Lipinski definition) is 0. The Labute approximate surface area is 446 Å². The van der Waals surface area contributed by atoms with E-state index in [0.717, 1.165) is 180 Å². The van der Waals surface area contributed by atoms with E-state index in [0.29, 0.717) is 38.8 Å². The Kier molecular flexibility index (Phi) is 50.4. The Morgan fingerprint density at radius 3 is 0.958 bits per heavy atom. The Hall–Kier alpha value is -2.36. The molecule has 426 valence electrons. The molecule has 0 bridgehead atoms. The lowest BCUT2D eigenvalue weighted by Crippen LogP contribution is -2.37. The van der Waals surface area contributed by atoms with Crippen molar-refractivity contribution in [3.63, 3.8) is 0 Å². The molecule has 0 spiro atoms. The molecular weight excluding hydrogens is 901 g/mol. The average molecular weight is 1020 g/mol. The van der Waals surface area contributed by atoms with Gasteiger partial charge in [-0.2, -0.15) is 0 Å². The van der Waals surface area contributed by atoms with Crippen molar-refractivity contribution in [2.24, 2.45) is 0 Å². The maximum Gasteiger partial charge on any atom is 0.410 e. The number of rotatable bonds is 54. The van der Waals surface area contributed by atoms with Gasteiger partial charge in [0.2, 0.25) is 0 Å². The zero-order valence-corrected chi connectivity index (χ0v) is 49.0. The van der Waals surface area contributed by atoms with E-state index in [4.69, 9.17) is 18.9 Å². The van der Waals surface area contributed by atoms with Crippen molar-refractivity contribution in [3.8, 4) is 0 Å². The molecule has 0 aromatic carbocycles. The molecule has 0 saturated heterocycles. The van der Waals surface area contributed by atoms with E-state index in [1.807, 2.05) is 19.0 Å². The molecule has 0 radical (unpaired) electrons. The summed E-state index contributed by atoms with van der Waals surface area (Å²) in [6.07, 6.45) is 43.5. The van der Waals surface area contributed by atoms with Crippen LogP contribution in [0.5, 0.6) is 0 Å². The number of unbranched alkanes of at least 4 members (excludes halogenated alkanes) is 23. The van der Waals surface area contributed by atoms with Crippen LogP contribution in [-0.4, -0.2) is 91.9 Å². The molecule has 0 rings (SSSR count). The van der Waals surface area contributed by atoms with Gasteiger partial charge in [-0.15, -0.1) is 0 Å². The molecule has 0 N–H and O–H groups in total. The summed E-state index contributed by atoms with van der Waals surface area (Å²) < 4.78 is 24.2. The minimum Gasteiger partial charge on any atom is -0.462 e. The summed E-state index contributed by atoms with van der Waals surface area (Å²) in [5.74, 6) is -0.227. The number of hydrogen-bond acceptors (Lipinski definition) is 9. The van der Waals surface area contributed by atoms with Crippen molar-refractivity contribution >= 4 is 24.0 Å². The summed E-state index contributed by atoms with van der Waals surface area (Å²) in [6.45, 7) is 15.1. The van der Waals surface area contributed by atoms with Crippen molar-refractivity contribution < 1.29 is 38.1 Å². The summed E-state index contributed by atoms with van der Waals surface area (Å²) in [4.78, 5) is 56.3. The Balaban J connectivity index is 5.26. The molecule has 1 atom stereocenters. The molecule has 0 heterocycles. The SMILES string of the molecule is CCCCCCC(CCCCCC)OC(=O)CCCCCCCCC(CCCCCCCCC(=O)OC(CCCCCC)CCCCCC)OC(=O)N(CCCC(=O)OC(CC)CCCC)CCCN(C)C. The van der Waals surface area contributed by atoms with E-state index in [2.05, 4.69) is 46.4 Å². The highest BCUT2D eigenvalue weighted by Gasteiger charge is 2.22. The van der Waals surface area contributed by atoms with Crippen molar-refractivity contribution in [1.29, 1.82) is 0 Å². The molecule has 1 unspecified atom stereocenters. The first-order valence-corrected chi connectivity index (χ1v) is 31.2. The molecule has 0 aliphatic heterocycles. The van der Waals surface area contributed by atoms with E-state index in [1.54, 1.807) is 0 Å². The fourth-order valence-corrected chi connectivity index (χ4v) is 9.69. The minimum atomic E-state index is -0.270. The van der Waals surface area contributed by atoms with Gasteiger partial charge in [-0.25, -0.2) is 4.79 Å². The van der Waals surface area contributed by atoms with Crippen LogP contribution in [-0.2, 0) is 33.3 Å². The quantitative estimate of drug-likeness (QED) is 0.0334. The topological polar surface area (TPSA) is 112 Å². The van der Waals surface area contributed by atoms with Crippen LogP contribution in [0.15, 0.2) is 0 Å². The Bertz CT molecular complexity index is 1150. The summed E-state index contributed by atoms with van der Waals surface area (Å²) >= 11 is 0. The average Bonchev–Trinajstić information content (AvgIpc) is 3.36. The fraction of sp³-hybridized carbons (Fsp3) is 0.935. The lowest BCUT2D eigenvalue weighted by Gasteiger charge is -2.26. The Morgan fingerprint density at radius 2 is 0.597 bits per heavy atom. The zero-order chi connectivity index (χ0) is 53.1. The van der Waals surface area contributed by atoms with Crippen LogP contribution >= 0.6 is 0 Å². The number of amides is 1. The van der Waals surface area contributed by atoms with Crippen LogP contribution in [0.1, 0.15) is 318 Å². The Morgan fingerprint density at radius 1 is 0.306 bits per heavy atom. The van der Waals surface area contributed by atoms with Gasteiger partial charge in [0.1, 0.15) is 24.4 Å². The van der Waals surface area contributed by atoms with Gasteiger partial charge < -0.3 is 28.7 Å². The normalized spacial score (nSPS) is 12.1. The van der Waals surface area contributed by atoms with Crippen LogP contribution in [0, 0.1) is 0 Å². The van der Waals surface area contributed by atoms with Gasteiger partial charge in [0.05, 0.1) is 0 Å². The van der Waals surface area contributed by atoms with Crippen molar-refractivity contribution in [2.45, 2.75) is 342 Å². The molecular formula is C62H120N2O8. The van der Waals surface area contributed by atoms with Crippen molar-refractivity contribution in [1.82, 2.24) is 9.80 Å². The van der Waals surface area contributed by atoms with Gasteiger partial charge in [0.25, 0.3) is 0 Å². The van der Waals surface area contributed by atoms with Crippen molar-refractivity contribution in [2.75, 3.05) is 33.7 Å². The van der Waals surface area contributed by atoms with E-state index >= 15 is 0 Å². The highest BCUT2D eigenvalue weighted by atomic mass is 16.6. The first kappa shape index (κ1) is 69.6. The van der Waals surface area contributed by atoms with E-state index in [9.17, 15) is 19.2 Å². The summed E-state index contributed by atoms with van der Waals surface area (Å²) in [5, 5.41) is 0. The second-order valence-electron chi connectivity index (χ2n) is 21.9. The molecule has 0 saturated carbocycles. The third kappa shape index (κ3) is 45.1. The van der Waals surface area contributed by atoms with Gasteiger partial charge in [0.15, 0.2) is 0 Å². The highest BCUT2D eigenvalue weighted by molar-refractivity contribution is 5.70. The maximum atomic E-state index is 13.9. The predicted octanol–water partition coefficient (Wildman–Crippen LogP) is 18.0. The van der Waals surface area contributed by atoms with E-state index < -0.39 is 0 Å². The second kappa shape index (κ2) is 52.1. The van der Waals surface area contributed by atoms with Gasteiger partial charge in [-0.3, -0.25) is 14.4 Å². The van der Waals surface area contributed by atoms with Crippen LogP contribution in [0.25, 0.3) is 0 Å². The molecule has 72 heavy (non-hydrogen) atoms. The van der Waals surface area contributed by atoms with Gasteiger partial charge in [-0.05, 0) is 136 Å². The first-order valence-electron chi connectivity index (χ1n) is 31.2. The van der Waals surface area contributed by atoms with Gasteiger partial charge in [0, 0.05) is 32.4 Å². The first-order chi connectivity index (χ1) is 35.0. The number of carbonyl (C=O) groups is 4. The lowest BCUT2D eigenvalue weighted by molar-refractivity contribution is -0.151. The lowest BCUT2D eigenvalue weighted by atomic mass is 10.0. The number of ether oxygens (including phenoxy) is 4. The van der Waals surface area contributed by atoms with Gasteiger partial charge in [-0.1, -0.05) is 183 Å². The van der Waals surface area contributed by atoms with Crippen LogP contribution < -0.4 is 0 Å². The largest absolute Gasteiger partial charge is 0.462 e. The van der Waals surface area contributed by atoms with Crippen LogP contribution in [0.3, 0.4) is 0 Å². The highest BCUT2D eigenvalue weighted by Crippen LogP contribution is 2.22. The molecule has 0 aromatic rings. The van der Waals surface area contributed by atoms with E-state index in [1.165, 1.54) is 77.0 Å². The van der Waals surface area contributed by atoms with Crippen LogP contribution in [0.4, 0.5) is 4.79 Å². The standard InChI is InChI=1S/C62H120N2O8/c1-9-15-20-32-43-56(44-33-21-16-10-2)70-59(65)49-38-30-26-24-28-36-47-58(72-62(68)64(54-41-52-63(7)8)53-40-51-61(67)69-55(14-6)42-19-13-5)48-37-29-25-27-31-39-50-60(66)71-57(45-34-22-17-11-3)46-35-23-18-12-4/h55-58H,9-54H2,1-8H3. The molecule has 10 nitrogen and oxygen atoms in total. The number of nitrogens with zero attached hydrogens (tertiary/aromatic N) is 2. The number of carbonyl (C=O) groups excluding carboxylic acids is 4. The van der Waals surface area contributed by atoms with Crippen molar-refractivity contribution in [3.05, 3.63) is 0 Å². The molecule has 0 fully saturated rings. The number of esters is 3. The van der Waals surface area contributed by atoms with E-state index in [-0.39, 0.29) is 48.4 Å². The van der Waals surface area contributed by atoms with Gasteiger partial charge >= 0.3 is 24.0 Å². The zero-order valence-electron chi connectivity index (χ0n) is 49.0. The molecule has 10 heteroatoms. The third-order valence-electron chi connectivity index (χ3n) is 14.4. The predicted molar refractivity (Wildman–Crippen MR) is 303 cm³/mol. The fourth-order valence-electron chi connectivity index (χ4n) is 9.69. The summed E-state index contributed by atoms with van der Waals surface area (Å²) in [6, 6.07) is 0. The molecule has 0 aromatic heterocycles. The summed E-state index contributed by atoms with van der Waals surface area (Å²) in [7, 11) is 4.09. The molecule has 1 amide bonds. The monoisotopic (exact) mass is 1020 g/mol. The third-order valence-corrected chi connectivity index (χ3v) is 14.4. The molecule has 0 aliphatic rings. The van der Waals surface area contributed by atoms with Crippen LogP contribution in [0.2, 0.25) is 0 Å².